The maximum atomic E-state index is 15.1. The van der Waals surface area contributed by atoms with Crippen molar-refractivity contribution in [3.05, 3.63) is 99.6 Å². The van der Waals surface area contributed by atoms with E-state index in [0.717, 1.165) is 0 Å². The zero-order valence-electron chi connectivity index (χ0n) is 19.6. The van der Waals surface area contributed by atoms with Crippen molar-refractivity contribution in [2.45, 2.75) is 51.0 Å². The van der Waals surface area contributed by atoms with E-state index in [-0.39, 0.29) is 40.3 Å². The van der Waals surface area contributed by atoms with Gasteiger partial charge in [-0.25, -0.2) is 26.3 Å². The number of allylic oxidation sites excluding steroid dienone is 2. The minimum absolute atomic E-state index is 0.0172. The predicted octanol–water partition coefficient (Wildman–Crippen LogP) is 8.56. The molecular weight excluding hydrogens is 478 g/mol. The van der Waals surface area contributed by atoms with E-state index < -0.39 is 41.0 Å². The lowest BCUT2D eigenvalue weighted by atomic mass is 9.81. The number of ether oxygens (including phenoxy) is 1. The molecule has 2 atom stereocenters. The summed E-state index contributed by atoms with van der Waals surface area (Å²) in [6.07, 6.45) is 3.45. The van der Waals surface area contributed by atoms with Crippen LogP contribution in [-0.2, 0) is 11.2 Å². The van der Waals surface area contributed by atoms with E-state index in [0.29, 0.717) is 43.2 Å². The zero-order chi connectivity index (χ0) is 25.6. The molecule has 0 spiro atoms. The molecule has 0 radical (unpaired) electrons. The molecule has 2 unspecified atom stereocenters. The lowest BCUT2D eigenvalue weighted by Gasteiger charge is -2.24. The Morgan fingerprint density at radius 2 is 1.31 bits per heavy atom. The van der Waals surface area contributed by atoms with Gasteiger partial charge in [0.1, 0.15) is 6.10 Å². The summed E-state index contributed by atoms with van der Waals surface area (Å²) in [4.78, 5) is 0. The van der Waals surface area contributed by atoms with Gasteiger partial charge in [-0.3, -0.25) is 0 Å². The zero-order valence-corrected chi connectivity index (χ0v) is 19.6. The van der Waals surface area contributed by atoms with E-state index in [4.69, 9.17) is 4.74 Å². The Bertz CT molecular complexity index is 1360. The van der Waals surface area contributed by atoms with Gasteiger partial charge < -0.3 is 4.74 Å². The van der Waals surface area contributed by atoms with E-state index in [9.17, 15) is 17.6 Å². The summed E-state index contributed by atoms with van der Waals surface area (Å²) in [5.74, 6) is -6.78. The molecule has 0 N–H and O–H groups in total. The van der Waals surface area contributed by atoms with Crippen molar-refractivity contribution in [2.75, 3.05) is 6.61 Å². The van der Waals surface area contributed by atoms with Gasteiger partial charge in [0.2, 0.25) is 0 Å². The van der Waals surface area contributed by atoms with Crippen molar-refractivity contribution >= 4 is 5.57 Å². The minimum Gasteiger partial charge on any atom is -0.368 e. The summed E-state index contributed by atoms with van der Waals surface area (Å²) in [6, 6.07) is 8.32. The standard InChI is InChI=1S/C29H24F6O/c1-2-3-17-8-9-18(25(31)24(17)30)15-4-6-16(7-5-15)19-10-11-20(27(33)26(19)32)21-12-13-22(23-14-36-23)29(35)28(21)34/h6,8-13,15,23H,2-5,7,14H2,1H3. The molecule has 0 bridgehead atoms. The van der Waals surface area contributed by atoms with Gasteiger partial charge in [-0.05, 0) is 48.3 Å². The van der Waals surface area contributed by atoms with Crippen molar-refractivity contribution in [2.24, 2.45) is 0 Å². The van der Waals surface area contributed by atoms with E-state index >= 15 is 8.78 Å². The third-order valence-corrected chi connectivity index (χ3v) is 7.07. The molecule has 2 aliphatic rings. The average Bonchev–Trinajstić information content (AvgIpc) is 3.72. The van der Waals surface area contributed by atoms with Gasteiger partial charge in [0.15, 0.2) is 34.9 Å². The molecule has 1 saturated heterocycles. The fourth-order valence-electron chi connectivity index (χ4n) is 5.00. The summed E-state index contributed by atoms with van der Waals surface area (Å²) >= 11 is 0. The molecule has 5 rings (SSSR count). The van der Waals surface area contributed by atoms with Crippen LogP contribution in [0.25, 0.3) is 16.7 Å². The summed E-state index contributed by atoms with van der Waals surface area (Å²) in [7, 11) is 0. The van der Waals surface area contributed by atoms with Crippen LogP contribution in [0.5, 0.6) is 0 Å². The molecule has 36 heavy (non-hydrogen) atoms. The highest BCUT2D eigenvalue weighted by molar-refractivity contribution is 5.73. The molecule has 0 saturated carbocycles. The average molecular weight is 502 g/mol. The monoisotopic (exact) mass is 502 g/mol. The van der Waals surface area contributed by atoms with Gasteiger partial charge in [-0.2, -0.15) is 0 Å². The Morgan fingerprint density at radius 3 is 1.94 bits per heavy atom. The molecule has 188 valence electrons. The first-order valence-electron chi connectivity index (χ1n) is 12.1. The third kappa shape index (κ3) is 4.34. The van der Waals surface area contributed by atoms with E-state index in [1.807, 2.05) is 6.92 Å². The molecule has 7 heteroatoms. The van der Waals surface area contributed by atoms with Crippen molar-refractivity contribution in [1.82, 2.24) is 0 Å². The van der Waals surface area contributed by atoms with Crippen molar-refractivity contribution in [1.29, 1.82) is 0 Å². The number of halogens is 6. The van der Waals surface area contributed by atoms with Crippen molar-refractivity contribution in [3.8, 4) is 11.1 Å². The van der Waals surface area contributed by atoms with Crippen LogP contribution in [0.3, 0.4) is 0 Å². The Balaban J connectivity index is 1.40. The Kier molecular flexibility index (Phi) is 6.68. The SMILES string of the molecule is CCCc1ccc(C2CC=C(c3ccc(-c4ccc(C5CO5)c(F)c4F)c(F)c3F)CC2)c(F)c1F. The Hall–Kier alpha value is -3.06. The first-order chi connectivity index (χ1) is 17.3. The van der Waals surface area contributed by atoms with Crippen LogP contribution in [0.1, 0.15) is 66.9 Å². The quantitative estimate of drug-likeness (QED) is 0.243. The first-order valence-corrected chi connectivity index (χ1v) is 12.1. The predicted molar refractivity (Wildman–Crippen MR) is 125 cm³/mol. The largest absolute Gasteiger partial charge is 0.368 e. The molecule has 3 aromatic carbocycles. The highest BCUT2D eigenvalue weighted by Crippen LogP contribution is 2.41. The van der Waals surface area contributed by atoms with Gasteiger partial charge in [-0.1, -0.05) is 55.8 Å². The summed E-state index contributed by atoms with van der Waals surface area (Å²) in [5, 5.41) is 0. The highest BCUT2D eigenvalue weighted by atomic mass is 19.2. The number of hydrogen-bond donors (Lipinski definition) is 0. The van der Waals surface area contributed by atoms with Gasteiger partial charge in [0.05, 0.1) is 6.61 Å². The number of hydrogen-bond acceptors (Lipinski definition) is 1. The number of epoxide rings is 1. The topological polar surface area (TPSA) is 12.5 Å². The molecular formula is C29H24F6O. The third-order valence-electron chi connectivity index (χ3n) is 7.07. The highest BCUT2D eigenvalue weighted by Gasteiger charge is 2.31. The summed E-state index contributed by atoms with van der Waals surface area (Å²) in [5.41, 5.74) is 0.468. The van der Waals surface area contributed by atoms with E-state index in [1.54, 1.807) is 18.2 Å². The Labute approximate surface area is 205 Å². The maximum absolute atomic E-state index is 15.1. The fraction of sp³-hybridized carbons (Fsp3) is 0.310. The molecule has 1 aliphatic carbocycles. The molecule has 1 nitrogen and oxygen atoms in total. The Morgan fingerprint density at radius 1 is 0.722 bits per heavy atom. The van der Waals surface area contributed by atoms with Crippen LogP contribution in [0.2, 0.25) is 0 Å². The molecule has 0 amide bonds. The molecule has 0 aromatic heterocycles. The number of benzene rings is 3. The molecule has 1 heterocycles. The van der Waals surface area contributed by atoms with Crippen molar-refractivity contribution in [3.63, 3.8) is 0 Å². The van der Waals surface area contributed by atoms with Crippen LogP contribution in [0, 0.1) is 34.9 Å². The van der Waals surface area contributed by atoms with E-state index in [2.05, 4.69) is 0 Å². The second-order valence-corrected chi connectivity index (χ2v) is 9.33. The minimum atomic E-state index is -1.27. The second kappa shape index (κ2) is 9.77. The fourth-order valence-corrected chi connectivity index (χ4v) is 5.00. The molecule has 1 fully saturated rings. The van der Waals surface area contributed by atoms with Gasteiger partial charge in [0.25, 0.3) is 0 Å². The van der Waals surface area contributed by atoms with Gasteiger partial charge in [-0.15, -0.1) is 0 Å². The second-order valence-electron chi connectivity index (χ2n) is 9.33. The first kappa shape index (κ1) is 24.6. The lowest BCUT2D eigenvalue weighted by Crippen LogP contribution is -2.09. The van der Waals surface area contributed by atoms with Crippen LogP contribution >= 0.6 is 0 Å². The lowest BCUT2D eigenvalue weighted by molar-refractivity contribution is 0.401. The van der Waals surface area contributed by atoms with Gasteiger partial charge in [0, 0.05) is 22.3 Å². The molecule has 1 aliphatic heterocycles. The van der Waals surface area contributed by atoms with Crippen LogP contribution < -0.4 is 0 Å². The van der Waals surface area contributed by atoms with Crippen LogP contribution in [0.4, 0.5) is 26.3 Å². The van der Waals surface area contributed by atoms with Gasteiger partial charge >= 0.3 is 0 Å². The summed E-state index contributed by atoms with van der Waals surface area (Å²) < 4.78 is 93.2. The normalized spacial score (nSPS) is 19.4. The van der Waals surface area contributed by atoms with E-state index in [1.165, 1.54) is 24.3 Å². The van der Waals surface area contributed by atoms with Crippen LogP contribution in [-0.4, -0.2) is 6.61 Å². The number of aryl methyl sites for hydroxylation is 1. The number of rotatable bonds is 6. The molecule has 3 aromatic rings. The smallest absolute Gasteiger partial charge is 0.167 e. The van der Waals surface area contributed by atoms with Crippen molar-refractivity contribution < 1.29 is 31.1 Å². The maximum Gasteiger partial charge on any atom is 0.167 e. The van der Waals surface area contributed by atoms with Crippen LogP contribution in [0.15, 0.2) is 42.5 Å². The summed E-state index contributed by atoms with van der Waals surface area (Å²) in [6.45, 7) is 2.18.